The summed E-state index contributed by atoms with van der Waals surface area (Å²) in [5.41, 5.74) is 0.940. The number of benzene rings is 1. The molecule has 4 nitrogen and oxygen atoms in total. The smallest absolute Gasteiger partial charge is 0.222 e. The van der Waals surface area contributed by atoms with Gasteiger partial charge in [0.1, 0.15) is 0 Å². The first-order valence-corrected chi connectivity index (χ1v) is 9.87. The minimum Gasteiger partial charge on any atom is -0.355 e. The molecule has 0 aliphatic carbocycles. The summed E-state index contributed by atoms with van der Waals surface area (Å²) in [6, 6.07) is 13.5. The lowest BCUT2D eigenvalue weighted by molar-refractivity contribution is -0.122. The zero-order valence-electron chi connectivity index (χ0n) is 13.7. The first-order valence-electron chi connectivity index (χ1n) is 7.84. The van der Waals surface area contributed by atoms with Crippen LogP contribution in [0.4, 0.5) is 0 Å². The van der Waals surface area contributed by atoms with E-state index in [-0.39, 0.29) is 24.3 Å². The molecule has 1 atom stereocenters. The summed E-state index contributed by atoms with van der Waals surface area (Å²) in [6.07, 6.45) is 0.249. The van der Waals surface area contributed by atoms with Crippen molar-refractivity contribution in [1.82, 2.24) is 10.6 Å². The maximum atomic E-state index is 12.1. The van der Waals surface area contributed by atoms with Crippen LogP contribution in [0.25, 0.3) is 0 Å². The Morgan fingerprint density at radius 1 is 1.17 bits per heavy atom. The Balaban J connectivity index is 1.72. The highest BCUT2D eigenvalue weighted by Gasteiger charge is 2.16. The van der Waals surface area contributed by atoms with E-state index in [0.29, 0.717) is 6.54 Å². The van der Waals surface area contributed by atoms with E-state index in [2.05, 4.69) is 22.1 Å². The lowest BCUT2D eigenvalue weighted by atomic mass is 10.0. The van der Waals surface area contributed by atoms with Gasteiger partial charge in [-0.1, -0.05) is 36.4 Å². The number of nitrogens with one attached hydrogen (secondary N) is 2. The van der Waals surface area contributed by atoms with Crippen LogP contribution in [0.15, 0.2) is 47.8 Å². The van der Waals surface area contributed by atoms with E-state index < -0.39 is 0 Å². The first kappa shape index (κ1) is 18.5. The van der Waals surface area contributed by atoms with E-state index in [1.807, 2.05) is 36.4 Å². The third-order valence-electron chi connectivity index (χ3n) is 3.36. The van der Waals surface area contributed by atoms with Gasteiger partial charge < -0.3 is 10.6 Å². The van der Waals surface area contributed by atoms with Crippen molar-refractivity contribution in [3.05, 3.63) is 58.3 Å². The molecule has 1 aromatic carbocycles. The standard InChI is InChI=1S/C18H22N2O2S2/c1-14(21)20-17(15-6-3-2-4-7-15)12-18(22)19-9-11-23-13-16-8-5-10-24-16/h2-8,10,17H,9,11-13H2,1H3,(H,19,22)(H,20,21)/t17-/m1/s1. The molecule has 2 aromatic rings. The van der Waals surface area contributed by atoms with Crippen LogP contribution in [0.3, 0.4) is 0 Å². The average Bonchev–Trinajstić information content (AvgIpc) is 3.08. The second kappa shape index (κ2) is 10.2. The molecule has 2 amide bonds. The van der Waals surface area contributed by atoms with Gasteiger partial charge in [-0.15, -0.1) is 11.3 Å². The highest BCUT2D eigenvalue weighted by molar-refractivity contribution is 7.98. The molecule has 2 N–H and O–H groups in total. The fourth-order valence-corrected chi connectivity index (χ4v) is 3.97. The minimum atomic E-state index is -0.289. The Morgan fingerprint density at radius 2 is 1.96 bits per heavy atom. The predicted molar refractivity (Wildman–Crippen MR) is 101 cm³/mol. The zero-order chi connectivity index (χ0) is 17.2. The van der Waals surface area contributed by atoms with Crippen LogP contribution in [0, 0.1) is 0 Å². The molecule has 128 valence electrons. The second-order valence-corrected chi connectivity index (χ2v) is 7.49. The van der Waals surface area contributed by atoms with Crippen LogP contribution >= 0.6 is 23.1 Å². The van der Waals surface area contributed by atoms with Gasteiger partial charge in [0.15, 0.2) is 0 Å². The van der Waals surface area contributed by atoms with Gasteiger partial charge in [-0.25, -0.2) is 0 Å². The fraction of sp³-hybridized carbons (Fsp3) is 0.333. The molecule has 0 saturated heterocycles. The summed E-state index contributed by atoms with van der Waals surface area (Å²) in [4.78, 5) is 24.9. The van der Waals surface area contributed by atoms with Gasteiger partial charge in [0.05, 0.1) is 12.5 Å². The quantitative estimate of drug-likeness (QED) is 0.673. The number of thioether (sulfide) groups is 1. The average molecular weight is 363 g/mol. The van der Waals surface area contributed by atoms with Gasteiger partial charge in [-0.3, -0.25) is 9.59 Å². The van der Waals surface area contributed by atoms with Crippen LogP contribution < -0.4 is 10.6 Å². The van der Waals surface area contributed by atoms with E-state index in [0.717, 1.165) is 17.1 Å². The maximum absolute atomic E-state index is 12.1. The van der Waals surface area contributed by atoms with Gasteiger partial charge >= 0.3 is 0 Å². The van der Waals surface area contributed by atoms with Gasteiger partial charge in [0, 0.05) is 29.9 Å². The van der Waals surface area contributed by atoms with Crippen molar-refractivity contribution in [3.8, 4) is 0 Å². The molecule has 24 heavy (non-hydrogen) atoms. The van der Waals surface area contributed by atoms with Gasteiger partial charge in [-0.05, 0) is 17.0 Å². The molecule has 1 heterocycles. The van der Waals surface area contributed by atoms with Crippen LogP contribution in [-0.4, -0.2) is 24.1 Å². The number of rotatable bonds is 9. The summed E-state index contributed by atoms with van der Waals surface area (Å²) in [5.74, 6) is 1.67. The molecule has 0 bridgehead atoms. The lowest BCUT2D eigenvalue weighted by Gasteiger charge is -2.18. The molecular weight excluding hydrogens is 340 g/mol. The predicted octanol–water partition coefficient (Wildman–Crippen LogP) is 3.37. The van der Waals surface area contributed by atoms with Gasteiger partial charge in [0.25, 0.3) is 0 Å². The molecule has 6 heteroatoms. The minimum absolute atomic E-state index is 0.0469. The zero-order valence-corrected chi connectivity index (χ0v) is 15.3. The summed E-state index contributed by atoms with van der Waals surface area (Å²) in [6.45, 7) is 2.10. The SMILES string of the molecule is CC(=O)N[C@H](CC(=O)NCCSCc1cccs1)c1ccccc1. The topological polar surface area (TPSA) is 58.2 Å². The highest BCUT2D eigenvalue weighted by atomic mass is 32.2. The number of amides is 2. The van der Waals surface area contributed by atoms with Crippen molar-refractivity contribution in [2.24, 2.45) is 0 Å². The molecular formula is C18H22N2O2S2. The van der Waals surface area contributed by atoms with E-state index in [1.165, 1.54) is 11.8 Å². The number of carbonyl (C=O) groups excluding carboxylic acids is 2. The molecule has 0 unspecified atom stereocenters. The third kappa shape index (κ3) is 6.76. The monoisotopic (exact) mass is 362 g/mol. The molecule has 1 aromatic heterocycles. The Bertz CT molecular complexity index is 630. The van der Waals surface area contributed by atoms with Crippen molar-refractivity contribution in [2.45, 2.75) is 25.1 Å². The first-order chi connectivity index (χ1) is 11.6. The number of carbonyl (C=O) groups is 2. The molecule has 0 saturated carbocycles. The summed E-state index contributed by atoms with van der Waals surface area (Å²) < 4.78 is 0. The van der Waals surface area contributed by atoms with Gasteiger partial charge in [-0.2, -0.15) is 11.8 Å². The van der Waals surface area contributed by atoms with E-state index in [4.69, 9.17) is 0 Å². The fourth-order valence-electron chi connectivity index (χ4n) is 2.27. The van der Waals surface area contributed by atoms with Crippen LogP contribution in [0.5, 0.6) is 0 Å². The second-order valence-electron chi connectivity index (χ2n) is 5.35. The molecule has 0 aliphatic rings. The largest absolute Gasteiger partial charge is 0.355 e. The highest BCUT2D eigenvalue weighted by Crippen LogP contribution is 2.17. The maximum Gasteiger partial charge on any atom is 0.222 e. The molecule has 0 radical (unpaired) electrons. The Kier molecular flexibility index (Phi) is 7.85. The Morgan fingerprint density at radius 3 is 2.62 bits per heavy atom. The summed E-state index contributed by atoms with van der Waals surface area (Å²) >= 11 is 3.56. The van der Waals surface area contributed by atoms with E-state index >= 15 is 0 Å². The van der Waals surface area contributed by atoms with Crippen molar-refractivity contribution in [3.63, 3.8) is 0 Å². The number of hydrogen-bond donors (Lipinski definition) is 2. The van der Waals surface area contributed by atoms with E-state index in [1.54, 1.807) is 23.1 Å². The summed E-state index contributed by atoms with van der Waals surface area (Å²) in [5, 5.41) is 7.84. The van der Waals surface area contributed by atoms with Crippen LogP contribution in [0.1, 0.15) is 29.8 Å². The molecule has 2 rings (SSSR count). The number of thiophene rings is 1. The van der Waals surface area contributed by atoms with Crippen LogP contribution in [0.2, 0.25) is 0 Å². The van der Waals surface area contributed by atoms with Crippen LogP contribution in [-0.2, 0) is 15.3 Å². The van der Waals surface area contributed by atoms with Crippen molar-refractivity contribution in [2.75, 3.05) is 12.3 Å². The Hall–Kier alpha value is -1.79. The molecule has 0 spiro atoms. The molecule has 0 fully saturated rings. The summed E-state index contributed by atoms with van der Waals surface area (Å²) in [7, 11) is 0. The number of hydrogen-bond acceptors (Lipinski definition) is 4. The van der Waals surface area contributed by atoms with E-state index in [9.17, 15) is 9.59 Å². The molecule has 0 aliphatic heterocycles. The van der Waals surface area contributed by atoms with Crippen molar-refractivity contribution >= 4 is 34.9 Å². The van der Waals surface area contributed by atoms with Crippen molar-refractivity contribution in [1.29, 1.82) is 0 Å². The van der Waals surface area contributed by atoms with Crippen molar-refractivity contribution < 1.29 is 9.59 Å². The third-order valence-corrected chi connectivity index (χ3v) is 5.43. The normalized spacial score (nSPS) is 11.7. The van der Waals surface area contributed by atoms with Gasteiger partial charge in [0.2, 0.25) is 11.8 Å². The lowest BCUT2D eigenvalue weighted by Crippen LogP contribution is -2.33. The Labute approximate surface area is 151 Å².